The van der Waals surface area contributed by atoms with E-state index < -0.39 is 0 Å². The molecular weight excluding hydrogens is 266 g/mol. The van der Waals surface area contributed by atoms with Gasteiger partial charge in [-0.3, -0.25) is 10.5 Å². The summed E-state index contributed by atoms with van der Waals surface area (Å²) in [6.07, 6.45) is 1.97. The Morgan fingerprint density at radius 3 is 2.67 bits per heavy atom. The van der Waals surface area contributed by atoms with Crippen molar-refractivity contribution in [3.05, 3.63) is 29.6 Å². The molecule has 0 amide bonds. The Kier molecular flexibility index (Phi) is 3.93. The Bertz CT molecular complexity index is 579. The summed E-state index contributed by atoms with van der Waals surface area (Å²) in [7, 11) is 0. The third kappa shape index (κ3) is 2.68. The lowest BCUT2D eigenvalue weighted by Gasteiger charge is -2.10. The number of benzene rings is 1. The molecule has 0 saturated heterocycles. The Morgan fingerprint density at radius 1 is 1.39 bits per heavy atom. The number of rotatable bonds is 4. The van der Waals surface area contributed by atoms with E-state index in [4.69, 9.17) is 11.1 Å². The van der Waals surface area contributed by atoms with Gasteiger partial charge in [-0.2, -0.15) is 0 Å². The Balaban J connectivity index is 2.41. The largest absolute Gasteiger partial charge is 0.384 e. The second-order valence-corrected chi connectivity index (χ2v) is 5.41. The van der Waals surface area contributed by atoms with Gasteiger partial charge in [0.25, 0.3) is 0 Å². The van der Waals surface area contributed by atoms with E-state index in [1.54, 1.807) is 11.8 Å². The van der Waals surface area contributed by atoms with Gasteiger partial charge in [0.2, 0.25) is 5.16 Å². The molecule has 5 nitrogen and oxygen atoms in total. The van der Waals surface area contributed by atoms with E-state index in [9.17, 15) is 0 Å². The molecule has 18 heavy (non-hydrogen) atoms. The topological polar surface area (TPSA) is 91.4 Å². The number of hydrogen-bond acceptors (Lipinski definition) is 5. The fourth-order valence-corrected chi connectivity index (χ4v) is 3.14. The van der Waals surface area contributed by atoms with Crippen LogP contribution in [-0.4, -0.2) is 27.3 Å². The molecular formula is C11H13N5S2. The molecule has 0 bridgehead atoms. The molecule has 0 aliphatic carbocycles. The van der Waals surface area contributed by atoms with Crippen LogP contribution in [0.25, 0.3) is 0 Å². The molecule has 1 aromatic heterocycles. The van der Waals surface area contributed by atoms with Crippen molar-refractivity contribution in [2.24, 2.45) is 5.73 Å². The summed E-state index contributed by atoms with van der Waals surface area (Å²) in [5.41, 5.74) is 6.41. The second-order valence-electron chi connectivity index (χ2n) is 3.55. The molecule has 1 heterocycles. The first-order valence-electron chi connectivity index (χ1n) is 5.20. The molecule has 0 aliphatic heterocycles. The number of thioether (sulfide) groups is 1. The minimum absolute atomic E-state index is 0.0645. The zero-order valence-electron chi connectivity index (χ0n) is 10.0. The number of aromatic amines is 1. The van der Waals surface area contributed by atoms with Crippen molar-refractivity contribution in [3.8, 4) is 0 Å². The van der Waals surface area contributed by atoms with E-state index in [1.807, 2.05) is 31.4 Å². The monoisotopic (exact) mass is 279 g/mol. The molecule has 0 saturated carbocycles. The maximum Gasteiger partial charge on any atom is 0.213 e. The summed E-state index contributed by atoms with van der Waals surface area (Å²) < 4.78 is 0. The predicted octanol–water partition coefficient (Wildman–Crippen LogP) is 2.27. The lowest BCUT2D eigenvalue weighted by atomic mass is 10.2. The number of hydrogen-bond donors (Lipinski definition) is 3. The minimum Gasteiger partial charge on any atom is -0.384 e. The zero-order valence-corrected chi connectivity index (χ0v) is 11.7. The number of H-pyrrole nitrogens is 1. The minimum atomic E-state index is 0.0645. The van der Waals surface area contributed by atoms with Crippen LogP contribution in [0.3, 0.4) is 0 Å². The van der Waals surface area contributed by atoms with Gasteiger partial charge in [0.05, 0.1) is 0 Å². The van der Waals surface area contributed by atoms with Gasteiger partial charge in [-0.15, -0.1) is 16.9 Å². The van der Waals surface area contributed by atoms with Crippen molar-refractivity contribution in [1.29, 1.82) is 5.41 Å². The van der Waals surface area contributed by atoms with Gasteiger partial charge in [-0.1, -0.05) is 6.07 Å². The SMILES string of the molecule is CSc1cccc(Sc2n[nH]c(C)n2)c1C(=N)N. The molecule has 94 valence electrons. The van der Waals surface area contributed by atoms with Crippen LogP contribution < -0.4 is 5.73 Å². The first kappa shape index (κ1) is 13.0. The van der Waals surface area contributed by atoms with E-state index in [-0.39, 0.29) is 5.84 Å². The van der Waals surface area contributed by atoms with Crippen LogP contribution in [0, 0.1) is 12.3 Å². The lowest BCUT2D eigenvalue weighted by molar-refractivity contribution is 0.969. The van der Waals surface area contributed by atoms with Crippen LogP contribution >= 0.6 is 23.5 Å². The summed E-state index contributed by atoms with van der Waals surface area (Å²) in [5.74, 6) is 0.831. The molecule has 0 unspecified atom stereocenters. The first-order chi connectivity index (χ1) is 8.61. The van der Waals surface area contributed by atoms with Crippen LogP contribution in [0.5, 0.6) is 0 Å². The van der Waals surface area contributed by atoms with Crippen molar-refractivity contribution in [3.63, 3.8) is 0 Å². The molecule has 0 fully saturated rings. The number of aryl methyl sites for hydroxylation is 1. The molecule has 0 spiro atoms. The number of nitrogens with one attached hydrogen (secondary N) is 2. The van der Waals surface area contributed by atoms with Crippen molar-refractivity contribution < 1.29 is 0 Å². The molecule has 2 aromatic rings. The number of amidine groups is 1. The maximum absolute atomic E-state index is 7.69. The molecule has 0 radical (unpaired) electrons. The van der Waals surface area contributed by atoms with Gasteiger partial charge in [0.1, 0.15) is 11.7 Å². The van der Waals surface area contributed by atoms with Crippen LogP contribution in [-0.2, 0) is 0 Å². The second kappa shape index (κ2) is 5.45. The number of aromatic nitrogens is 3. The molecule has 4 N–H and O–H groups in total. The Hall–Kier alpha value is -1.47. The summed E-state index contributed by atoms with van der Waals surface area (Å²) >= 11 is 2.98. The van der Waals surface area contributed by atoms with Gasteiger partial charge in [0.15, 0.2) is 0 Å². The van der Waals surface area contributed by atoms with Crippen molar-refractivity contribution in [2.45, 2.75) is 21.9 Å². The fraction of sp³-hybridized carbons (Fsp3) is 0.182. The van der Waals surface area contributed by atoms with E-state index in [0.717, 1.165) is 21.2 Å². The third-order valence-electron chi connectivity index (χ3n) is 2.26. The van der Waals surface area contributed by atoms with Crippen molar-refractivity contribution in [1.82, 2.24) is 15.2 Å². The average molecular weight is 279 g/mol. The molecule has 0 atom stereocenters. The predicted molar refractivity (Wildman–Crippen MR) is 74.5 cm³/mol. The third-order valence-corrected chi connectivity index (χ3v) is 3.96. The zero-order chi connectivity index (χ0) is 13.1. The van der Waals surface area contributed by atoms with E-state index in [0.29, 0.717) is 5.16 Å². The van der Waals surface area contributed by atoms with Crippen molar-refractivity contribution >= 4 is 29.4 Å². The van der Waals surface area contributed by atoms with Crippen LogP contribution in [0.4, 0.5) is 0 Å². The lowest BCUT2D eigenvalue weighted by Crippen LogP contribution is -2.13. The smallest absolute Gasteiger partial charge is 0.213 e. The normalized spacial score (nSPS) is 10.6. The summed E-state index contributed by atoms with van der Waals surface area (Å²) in [6, 6.07) is 5.82. The molecule has 7 heteroatoms. The Labute approximate surface area is 113 Å². The van der Waals surface area contributed by atoms with E-state index in [2.05, 4.69) is 15.2 Å². The Morgan fingerprint density at radius 2 is 2.11 bits per heavy atom. The summed E-state index contributed by atoms with van der Waals surface area (Å²) in [6.45, 7) is 1.85. The van der Waals surface area contributed by atoms with Gasteiger partial charge in [0, 0.05) is 15.4 Å². The standard InChI is InChI=1S/C11H13N5S2/c1-6-14-11(16-15-6)18-8-5-3-4-7(17-2)9(8)10(12)13/h3-5H,1-2H3,(H3,12,13)(H,14,15,16). The average Bonchev–Trinajstić information content (AvgIpc) is 2.74. The summed E-state index contributed by atoms with van der Waals surface area (Å²) in [5, 5.41) is 15.2. The van der Waals surface area contributed by atoms with Gasteiger partial charge >= 0.3 is 0 Å². The highest BCUT2D eigenvalue weighted by molar-refractivity contribution is 7.99. The van der Waals surface area contributed by atoms with Gasteiger partial charge in [-0.25, -0.2) is 4.98 Å². The highest BCUT2D eigenvalue weighted by atomic mass is 32.2. The van der Waals surface area contributed by atoms with Crippen LogP contribution in [0.15, 0.2) is 33.1 Å². The maximum atomic E-state index is 7.69. The molecule has 0 aliphatic rings. The van der Waals surface area contributed by atoms with Crippen molar-refractivity contribution in [2.75, 3.05) is 6.26 Å². The number of nitrogen functional groups attached to an aromatic ring is 1. The van der Waals surface area contributed by atoms with E-state index >= 15 is 0 Å². The molecule has 2 rings (SSSR count). The quantitative estimate of drug-likeness (QED) is 0.453. The van der Waals surface area contributed by atoms with Gasteiger partial charge in [-0.05, 0) is 37.1 Å². The number of nitrogens with two attached hydrogens (primary N) is 1. The number of nitrogens with zero attached hydrogens (tertiary/aromatic N) is 2. The summed E-state index contributed by atoms with van der Waals surface area (Å²) in [4.78, 5) is 6.12. The highest BCUT2D eigenvalue weighted by Crippen LogP contribution is 2.32. The first-order valence-corrected chi connectivity index (χ1v) is 7.24. The van der Waals surface area contributed by atoms with E-state index in [1.165, 1.54) is 11.8 Å². The van der Waals surface area contributed by atoms with Gasteiger partial charge < -0.3 is 5.73 Å². The highest BCUT2D eigenvalue weighted by Gasteiger charge is 2.13. The molecule has 1 aromatic carbocycles. The van der Waals surface area contributed by atoms with Crippen LogP contribution in [0.1, 0.15) is 11.4 Å². The van der Waals surface area contributed by atoms with Crippen LogP contribution in [0.2, 0.25) is 0 Å². The fourth-order valence-electron chi connectivity index (χ4n) is 1.50.